The van der Waals surface area contributed by atoms with E-state index >= 15 is 0 Å². The average molecular weight is 450 g/mol. The van der Waals surface area contributed by atoms with E-state index in [0.29, 0.717) is 17.6 Å². The number of carbonyl (C=O) groups excluding carboxylic acids is 2. The predicted octanol–water partition coefficient (Wildman–Crippen LogP) is 4.45. The molecule has 0 aliphatic carbocycles. The van der Waals surface area contributed by atoms with Gasteiger partial charge in [0.25, 0.3) is 0 Å². The minimum atomic E-state index is -0.451. The summed E-state index contributed by atoms with van der Waals surface area (Å²) in [6.07, 6.45) is 4.08. The van der Waals surface area contributed by atoms with Gasteiger partial charge in [-0.1, -0.05) is 19.0 Å². The molecule has 0 radical (unpaired) electrons. The monoisotopic (exact) mass is 449 g/mol. The second-order valence-electron chi connectivity index (χ2n) is 10.5. The topological polar surface area (TPSA) is 85.1 Å². The number of esters is 1. The highest BCUT2D eigenvalue weighted by Gasteiger charge is 2.34. The number of carbonyl (C=O) groups is 2. The number of likely N-dealkylation sites (tertiary alicyclic amines) is 1. The highest BCUT2D eigenvalue weighted by molar-refractivity contribution is 5.77. The maximum absolute atomic E-state index is 12.3. The van der Waals surface area contributed by atoms with E-state index in [0.717, 1.165) is 57.7 Å². The number of aromatic nitrogens is 1. The number of methoxy groups -OCH3 is 1. The number of ether oxygens (including phenoxy) is 2. The molecule has 2 aliphatic heterocycles. The van der Waals surface area contributed by atoms with Crippen molar-refractivity contribution in [2.75, 3.05) is 38.2 Å². The Morgan fingerprint density at radius 3 is 2.12 bits per heavy atom. The van der Waals surface area contributed by atoms with E-state index in [1.54, 1.807) is 0 Å². The first kappa shape index (κ1) is 24.4. The number of rotatable bonds is 5. The van der Waals surface area contributed by atoms with E-state index in [1.165, 1.54) is 7.11 Å². The summed E-state index contributed by atoms with van der Waals surface area (Å²) < 4.78 is 16.0. The molecule has 32 heavy (non-hydrogen) atoms. The smallest absolute Gasteiger partial charge is 0.410 e. The Morgan fingerprint density at radius 2 is 1.62 bits per heavy atom. The number of nitrogens with zero attached hydrogens (tertiary/aromatic N) is 3. The van der Waals surface area contributed by atoms with Gasteiger partial charge >= 0.3 is 12.1 Å². The molecule has 1 aromatic heterocycles. The van der Waals surface area contributed by atoms with Crippen LogP contribution in [0, 0.1) is 17.8 Å². The fourth-order valence-corrected chi connectivity index (χ4v) is 4.90. The van der Waals surface area contributed by atoms with E-state index in [-0.39, 0.29) is 18.0 Å². The maximum atomic E-state index is 12.3. The molecular weight excluding hydrogens is 410 g/mol. The zero-order valence-electron chi connectivity index (χ0n) is 20.4. The minimum absolute atomic E-state index is 0.0699. The average Bonchev–Trinajstić information content (AvgIpc) is 3.22. The standard InChI is InChI=1S/C24H39N3O5/c1-16(2)21(22(28)30-6)19-15-20(25-32-19)26-11-7-17(8-12-26)18-9-13-27(14-10-18)23(29)31-24(3,4)5/h15-18,21H,7-14H2,1-6H3. The van der Waals surface area contributed by atoms with Crippen LogP contribution >= 0.6 is 0 Å². The first-order valence-corrected chi connectivity index (χ1v) is 11.9. The summed E-state index contributed by atoms with van der Waals surface area (Å²) in [5, 5.41) is 4.24. The van der Waals surface area contributed by atoms with Crippen molar-refractivity contribution in [2.45, 2.75) is 71.8 Å². The van der Waals surface area contributed by atoms with Crippen molar-refractivity contribution in [1.29, 1.82) is 0 Å². The van der Waals surface area contributed by atoms with Gasteiger partial charge in [0, 0.05) is 32.2 Å². The van der Waals surface area contributed by atoms with E-state index in [9.17, 15) is 9.59 Å². The predicted molar refractivity (Wildman–Crippen MR) is 122 cm³/mol. The number of hydrogen-bond acceptors (Lipinski definition) is 7. The Balaban J connectivity index is 1.50. The van der Waals surface area contributed by atoms with Gasteiger partial charge in [-0.05, 0) is 64.2 Å². The summed E-state index contributed by atoms with van der Waals surface area (Å²) in [5.41, 5.74) is -0.451. The van der Waals surface area contributed by atoms with Gasteiger partial charge in [-0.15, -0.1) is 0 Å². The Kier molecular flexibility index (Phi) is 7.72. The van der Waals surface area contributed by atoms with Gasteiger partial charge in [-0.3, -0.25) is 4.79 Å². The normalized spacial score (nSPS) is 19.8. The Bertz CT molecular complexity index is 769. The quantitative estimate of drug-likeness (QED) is 0.614. The van der Waals surface area contributed by atoms with Crippen LogP contribution in [-0.2, 0) is 14.3 Å². The van der Waals surface area contributed by atoms with Crippen LogP contribution < -0.4 is 4.90 Å². The van der Waals surface area contributed by atoms with Gasteiger partial charge in [0.15, 0.2) is 11.6 Å². The molecule has 2 saturated heterocycles. The van der Waals surface area contributed by atoms with Gasteiger partial charge in [-0.2, -0.15) is 0 Å². The van der Waals surface area contributed by atoms with Crippen LogP contribution in [-0.4, -0.2) is 61.0 Å². The Hall–Kier alpha value is -2.25. The van der Waals surface area contributed by atoms with Crippen molar-refractivity contribution in [2.24, 2.45) is 17.8 Å². The van der Waals surface area contributed by atoms with Crippen molar-refractivity contribution in [3.8, 4) is 0 Å². The zero-order valence-corrected chi connectivity index (χ0v) is 20.4. The second kappa shape index (κ2) is 10.1. The molecule has 1 amide bonds. The first-order chi connectivity index (χ1) is 15.1. The highest BCUT2D eigenvalue weighted by atomic mass is 16.6. The van der Waals surface area contributed by atoms with Gasteiger partial charge in [0.2, 0.25) is 0 Å². The van der Waals surface area contributed by atoms with E-state index in [1.807, 2.05) is 45.6 Å². The summed E-state index contributed by atoms with van der Waals surface area (Å²) in [6, 6.07) is 1.89. The minimum Gasteiger partial charge on any atom is -0.468 e. The van der Waals surface area contributed by atoms with Crippen molar-refractivity contribution in [1.82, 2.24) is 10.1 Å². The lowest BCUT2D eigenvalue weighted by Gasteiger charge is -2.40. The van der Waals surface area contributed by atoms with Crippen molar-refractivity contribution < 1.29 is 23.6 Å². The summed E-state index contributed by atoms with van der Waals surface area (Å²) in [5.74, 6) is 2.02. The van der Waals surface area contributed by atoms with Crippen LogP contribution in [0.5, 0.6) is 0 Å². The van der Waals surface area contributed by atoms with Crippen LogP contribution in [0.2, 0.25) is 0 Å². The molecule has 2 aliphatic rings. The molecule has 0 bridgehead atoms. The Morgan fingerprint density at radius 1 is 1.06 bits per heavy atom. The van der Waals surface area contributed by atoms with E-state index in [4.69, 9.17) is 14.0 Å². The molecule has 0 N–H and O–H groups in total. The number of anilines is 1. The van der Waals surface area contributed by atoms with E-state index in [2.05, 4.69) is 10.1 Å². The molecule has 3 rings (SSSR count). The highest BCUT2D eigenvalue weighted by Crippen LogP contribution is 2.35. The van der Waals surface area contributed by atoms with Crippen molar-refractivity contribution in [3.63, 3.8) is 0 Å². The molecule has 3 heterocycles. The van der Waals surface area contributed by atoms with Crippen LogP contribution in [0.3, 0.4) is 0 Å². The zero-order chi connectivity index (χ0) is 23.5. The fourth-order valence-electron chi connectivity index (χ4n) is 4.90. The van der Waals surface area contributed by atoms with Crippen molar-refractivity contribution >= 4 is 17.9 Å². The number of piperidine rings is 2. The van der Waals surface area contributed by atoms with Gasteiger partial charge in [0.05, 0.1) is 7.11 Å². The summed E-state index contributed by atoms with van der Waals surface area (Å²) in [7, 11) is 1.40. The lowest BCUT2D eigenvalue weighted by atomic mass is 9.79. The lowest BCUT2D eigenvalue weighted by Crippen LogP contribution is -2.44. The lowest BCUT2D eigenvalue weighted by molar-refractivity contribution is -0.144. The Labute approximate surface area is 191 Å². The third kappa shape index (κ3) is 5.95. The molecule has 1 atom stereocenters. The molecular formula is C24H39N3O5. The number of hydrogen-bond donors (Lipinski definition) is 0. The van der Waals surface area contributed by atoms with Crippen LogP contribution in [0.4, 0.5) is 10.6 Å². The molecule has 0 aromatic carbocycles. The summed E-state index contributed by atoms with van der Waals surface area (Å²) >= 11 is 0. The third-order valence-corrected chi connectivity index (χ3v) is 6.67. The molecule has 8 heteroatoms. The molecule has 1 aromatic rings. The fraction of sp³-hybridized carbons (Fsp3) is 0.792. The molecule has 1 unspecified atom stereocenters. The van der Waals surface area contributed by atoms with Crippen LogP contribution in [0.1, 0.15) is 72.0 Å². The number of amides is 1. The van der Waals surface area contributed by atoms with Crippen LogP contribution in [0.15, 0.2) is 10.6 Å². The molecule has 0 saturated carbocycles. The second-order valence-corrected chi connectivity index (χ2v) is 10.5. The van der Waals surface area contributed by atoms with E-state index < -0.39 is 11.5 Å². The molecule has 180 valence electrons. The third-order valence-electron chi connectivity index (χ3n) is 6.67. The maximum Gasteiger partial charge on any atom is 0.410 e. The summed E-state index contributed by atoms with van der Waals surface area (Å²) in [4.78, 5) is 28.5. The van der Waals surface area contributed by atoms with Gasteiger partial charge in [-0.25, -0.2) is 4.79 Å². The summed E-state index contributed by atoms with van der Waals surface area (Å²) in [6.45, 7) is 13.1. The van der Waals surface area contributed by atoms with Gasteiger partial charge < -0.3 is 23.8 Å². The molecule has 2 fully saturated rings. The molecule has 0 spiro atoms. The SMILES string of the molecule is COC(=O)C(c1cc(N2CCC(C3CCN(C(=O)OC(C)(C)C)CC3)CC2)no1)C(C)C. The van der Waals surface area contributed by atoms with Crippen molar-refractivity contribution in [3.05, 3.63) is 11.8 Å². The largest absolute Gasteiger partial charge is 0.468 e. The molecule has 8 nitrogen and oxygen atoms in total. The van der Waals surface area contributed by atoms with Crippen LogP contribution in [0.25, 0.3) is 0 Å². The van der Waals surface area contributed by atoms with Gasteiger partial charge in [0.1, 0.15) is 11.5 Å². The first-order valence-electron chi connectivity index (χ1n) is 11.9.